The Morgan fingerprint density at radius 2 is 2.00 bits per heavy atom. The van der Waals surface area contributed by atoms with Gasteiger partial charge in [0.1, 0.15) is 0 Å². The highest BCUT2D eigenvalue weighted by Gasteiger charge is 2.25. The van der Waals surface area contributed by atoms with Crippen molar-refractivity contribution in [2.45, 2.75) is 32.2 Å². The van der Waals surface area contributed by atoms with E-state index in [0.29, 0.717) is 18.2 Å². The van der Waals surface area contributed by atoms with Crippen LogP contribution in [-0.2, 0) is 14.3 Å². The van der Waals surface area contributed by atoms with Gasteiger partial charge in [0.15, 0.2) is 0 Å². The van der Waals surface area contributed by atoms with Crippen molar-refractivity contribution in [2.75, 3.05) is 19.8 Å². The number of benzene rings is 1. The minimum atomic E-state index is -0.910. The molecule has 0 aromatic heterocycles. The number of halogens is 1. The molecule has 0 aliphatic carbocycles. The Bertz CT molecular complexity index is 623. The Hall–Kier alpha value is -1.85. The van der Waals surface area contributed by atoms with E-state index in [1.54, 1.807) is 17.0 Å². The topological polar surface area (TPSA) is 66.8 Å². The average Bonchev–Trinajstić information content (AvgIpc) is 2.56. The van der Waals surface area contributed by atoms with Gasteiger partial charge in [0, 0.05) is 36.9 Å². The zero-order valence-corrected chi connectivity index (χ0v) is 14.5. The van der Waals surface area contributed by atoms with Crippen molar-refractivity contribution < 1.29 is 19.4 Å². The molecule has 1 aliphatic rings. The molecule has 1 fully saturated rings. The monoisotopic (exact) mass is 351 g/mol. The van der Waals surface area contributed by atoms with E-state index in [1.165, 1.54) is 0 Å². The number of aliphatic carboxylic acids is 1. The maximum atomic E-state index is 12.7. The van der Waals surface area contributed by atoms with Crippen molar-refractivity contribution in [3.63, 3.8) is 0 Å². The molecule has 0 atom stereocenters. The third-order valence-corrected chi connectivity index (χ3v) is 4.45. The Labute approximate surface area is 146 Å². The Morgan fingerprint density at radius 3 is 2.62 bits per heavy atom. The third kappa shape index (κ3) is 5.08. The van der Waals surface area contributed by atoms with Gasteiger partial charge >= 0.3 is 5.97 Å². The number of carbonyl (C=O) groups excluding carboxylic acids is 1. The number of carbonyl (C=O) groups is 2. The van der Waals surface area contributed by atoms with Crippen molar-refractivity contribution in [2.24, 2.45) is 0 Å². The second kappa shape index (κ2) is 8.85. The molecular weight excluding hydrogens is 330 g/mol. The highest BCUT2D eigenvalue weighted by molar-refractivity contribution is 6.32. The van der Waals surface area contributed by atoms with Gasteiger partial charge in [-0.1, -0.05) is 29.8 Å². The number of carboxylic acid groups (broad SMARTS) is 1. The van der Waals surface area contributed by atoms with Crippen LogP contribution >= 0.6 is 11.6 Å². The van der Waals surface area contributed by atoms with Crippen LogP contribution in [0, 0.1) is 0 Å². The summed E-state index contributed by atoms with van der Waals surface area (Å²) in [6.07, 6.45) is 2.93. The minimum absolute atomic E-state index is 0.0147. The van der Waals surface area contributed by atoms with Gasteiger partial charge in [-0.15, -0.1) is 0 Å². The van der Waals surface area contributed by atoms with E-state index in [1.807, 2.05) is 25.1 Å². The summed E-state index contributed by atoms with van der Waals surface area (Å²) in [4.78, 5) is 25.3. The Morgan fingerprint density at radius 1 is 1.33 bits per heavy atom. The van der Waals surface area contributed by atoms with E-state index in [0.717, 1.165) is 24.0 Å². The normalized spacial score (nSPS) is 16.0. The Balaban J connectivity index is 2.17. The molecular formula is C18H22ClNO4. The lowest BCUT2D eigenvalue weighted by Crippen LogP contribution is -2.43. The molecule has 1 N–H and O–H groups in total. The summed E-state index contributed by atoms with van der Waals surface area (Å²) in [5.74, 6) is -1.09. The van der Waals surface area contributed by atoms with Gasteiger partial charge in [-0.3, -0.25) is 9.59 Å². The smallest absolute Gasteiger partial charge is 0.305 e. The van der Waals surface area contributed by atoms with Gasteiger partial charge in [0.25, 0.3) is 0 Å². The molecule has 1 heterocycles. The second-order valence-corrected chi connectivity index (χ2v) is 6.23. The third-order valence-electron chi connectivity index (χ3n) is 4.12. The maximum Gasteiger partial charge on any atom is 0.305 e. The van der Waals surface area contributed by atoms with Gasteiger partial charge in [0.2, 0.25) is 5.91 Å². The molecule has 0 saturated carbocycles. The lowest BCUT2D eigenvalue weighted by Gasteiger charge is -2.33. The summed E-state index contributed by atoms with van der Waals surface area (Å²) in [7, 11) is 0. The molecule has 1 aliphatic heterocycles. The molecule has 6 heteroatoms. The van der Waals surface area contributed by atoms with E-state index < -0.39 is 5.97 Å². The molecule has 1 aromatic rings. The lowest BCUT2D eigenvalue weighted by atomic mass is 10.0. The van der Waals surface area contributed by atoms with Crippen LogP contribution in [-0.4, -0.2) is 47.7 Å². The molecule has 1 aromatic carbocycles. The molecule has 1 saturated heterocycles. The van der Waals surface area contributed by atoms with E-state index >= 15 is 0 Å². The number of ether oxygens (including phenoxy) is 1. The highest BCUT2D eigenvalue weighted by Crippen LogP contribution is 2.24. The number of nitrogens with zero attached hydrogens (tertiary/aromatic N) is 1. The fourth-order valence-electron chi connectivity index (χ4n) is 2.81. The number of allylic oxidation sites excluding steroid dienone is 1. The van der Waals surface area contributed by atoms with Crippen LogP contribution in [0.3, 0.4) is 0 Å². The van der Waals surface area contributed by atoms with Crippen molar-refractivity contribution >= 4 is 29.1 Å². The predicted octanol–water partition coefficient (Wildman–Crippen LogP) is 3.23. The zero-order valence-electron chi connectivity index (χ0n) is 13.7. The van der Waals surface area contributed by atoms with Crippen LogP contribution in [0.2, 0.25) is 5.02 Å². The average molecular weight is 352 g/mol. The first-order valence-electron chi connectivity index (χ1n) is 8.02. The molecule has 0 spiro atoms. The number of amides is 1. The standard InChI is InChI=1S/C18H22ClNO4/c1-13(15-4-2-3-5-16(15)19)12-17(21)20(9-6-18(22)23)14-7-10-24-11-8-14/h2-5,12,14H,6-11H2,1H3,(H,22,23)/b13-12-. The largest absolute Gasteiger partial charge is 0.481 e. The van der Waals surface area contributed by atoms with Crippen LogP contribution < -0.4 is 0 Å². The van der Waals surface area contributed by atoms with Crippen LogP contribution in [0.4, 0.5) is 0 Å². The summed E-state index contributed by atoms with van der Waals surface area (Å²) in [6.45, 7) is 3.22. The van der Waals surface area contributed by atoms with E-state index in [9.17, 15) is 9.59 Å². The summed E-state index contributed by atoms with van der Waals surface area (Å²) in [5, 5.41) is 9.53. The van der Waals surface area contributed by atoms with Gasteiger partial charge in [-0.25, -0.2) is 0 Å². The van der Waals surface area contributed by atoms with Crippen molar-refractivity contribution in [3.8, 4) is 0 Å². The fraction of sp³-hybridized carbons (Fsp3) is 0.444. The summed E-state index contributed by atoms with van der Waals surface area (Å²) < 4.78 is 5.33. The van der Waals surface area contributed by atoms with Crippen LogP contribution in [0.5, 0.6) is 0 Å². The molecule has 130 valence electrons. The number of carboxylic acids is 1. The van der Waals surface area contributed by atoms with E-state index in [4.69, 9.17) is 21.4 Å². The molecule has 1 amide bonds. The molecule has 0 unspecified atom stereocenters. The van der Waals surface area contributed by atoms with Gasteiger partial charge in [-0.2, -0.15) is 0 Å². The first-order chi connectivity index (χ1) is 11.5. The first-order valence-corrected chi connectivity index (χ1v) is 8.40. The second-order valence-electron chi connectivity index (χ2n) is 5.83. The van der Waals surface area contributed by atoms with Crippen molar-refractivity contribution in [1.29, 1.82) is 0 Å². The Kier molecular flexibility index (Phi) is 6.82. The minimum Gasteiger partial charge on any atom is -0.481 e. The first kappa shape index (κ1) is 18.5. The number of rotatable bonds is 6. The van der Waals surface area contributed by atoms with Crippen molar-refractivity contribution in [3.05, 3.63) is 40.9 Å². The number of hydrogen-bond acceptors (Lipinski definition) is 3. The molecule has 2 rings (SSSR count). The van der Waals surface area contributed by atoms with Crippen LogP contribution in [0.15, 0.2) is 30.3 Å². The zero-order chi connectivity index (χ0) is 17.5. The van der Waals surface area contributed by atoms with Crippen LogP contribution in [0.25, 0.3) is 5.57 Å². The lowest BCUT2D eigenvalue weighted by molar-refractivity contribution is -0.138. The predicted molar refractivity (Wildman–Crippen MR) is 92.9 cm³/mol. The quantitative estimate of drug-likeness (QED) is 0.799. The molecule has 24 heavy (non-hydrogen) atoms. The van der Waals surface area contributed by atoms with E-state index in [2.05, 4.69) is 0 Å². The summed E-state index contributed by atoms with van der Waals surface area (Å²) >= 11 is 6.17. The summed E-state index contributed by atoms with van der Waals surface area (Å²) in [5.41, 5.74) is 1.57. The van der Waals surface area contributed by atoms with Gasteiger partial charge in [-0.05, 0) is 37.0 Å². The maximum absolute atomic E-state index is 12.7. The molecule has 5 nitrogen and oxygen atoms in total. The van der Waals surface area contributed by atoms with E-state index in [-0.39, 0.29) is 24.9 Å². The highest BCUT2D eigenvalue weighted by atomic mass is 35.5. The molecule has 0 bridgehead atoms. The van der Waals surface area contributed by atoms with Crippen LogP contribution in [0.1, 0.15) is 31.7 Å². The SMILES string of the molecule is C/C(=C/C(=O)N(CCC(=O)O)C1CCOCC1)c1ccccc1Cl. The number of hydrogen-bond donors (Lipinski definition) is 1. The van der Waals surface area contributed by atoms with Crippen molar-refractivity contribution in [1.82, 2.24) is 4.90 Å². The van der Waals surface area contributed by atoms with Gasteiger partial charge < -0.3 is 14.7 Å². The van der Waals surface area contributed by atoms with Gasteiger partial charge in [0.05, 0.1) is 6.42 Å². The summed E-state index contributed by atoms with van der Waals surface area (Å²) in [6, 6.07) is 7.35. The molecule has 0 radical (unpaired) electrons. The fourth-order valence-corrected chi connectivity index (χ4v) is 3.10.